The monoisotopic (exact) mass is 656 g/mol. The van der Waals surface area contributed by atoms with Crippen LogP contribution < -0.4 is 27.6 Å². The summed E-state index contributed by atoms with van der Waals surface area (Å²) in [4.78, 5) is 49.3. The van der Waals surface area contributed by atoms with Gasteiger partial charge in [-0.15, -0.1) is 0 Å². The Kier molecular flexibility index (Phi) is 10.0. The van der Waals surface area contributed by atoms with Gasteiger partial charge in [-0.05, 0) is 13.3 Å². The van der Waals surface area contributed by atoms with Gasteiger partial charge in [0.25, 0.3) is 11.1 Å². The topological polar surface area (TPSA) is 260 Å². The molecule has 45 heavy (non-hydrogen) atoms. The minimum atomic E-state index is -4.15. The van der Waals surface area contributed by atoms with Crippen molar-refractivity contribution in [3.8, 4) is 0 Å². The van der Waals surface area contributed by atoms with Gasteiger partial charge in [-0.1, -0.05) is 13.3 Å². The maximum atomic E-state index is 14.0. The molecule has 0 bridgehead atoms. The number of nitrogens with zero attached hydrogens (tertiary/aromatic N) is 4. The number of aliphatic hydroxyl groups is 2. The second-order valence-electron chi connectivity index (χ2n) is 10.8. The highest BCUT2D eigenvalue weighted by atomic mass is 31.2. The van der Waals surface area contributed by atoms with Gasteiger partial charge in [0, 0.05) is 31.8 Å². The third-order valence-corrected chi connectivity index (χ3v) is 9.29. The fourth-order valence-corrected chi connectivity index (χ4v) is 6.85. The molecule has 0 spiro atoms. The first-order valence-electron chi connectivity index (χ1n) is 14.3. The highest BCUT2D eigenvalue weighted by Gasteiger charge is 2.48. The van der Waals surface area contributed by atoms with Crippen LogP contribution >= 0.6 is 7.75 Å². The number of aromatic nitrogens is 6. The van der Waals surface area contributed by atoms with Crippen molar-refractivity contribution in [2.45, 2.75) is 76.1 Å². The van der Waals surface area contributed by atoms with E-state index in [4.69, 9.17) is 29.0 Å². The summed E-state index contributed by atoms with van der Waals surface area (Å²) in [5.41, 5.74) is 4.29. The average molecular weight is 657 g/mol. The third-order valence-electron chi connectivity index (χ3n) is 7.65. The van der Waals surface area contributed by atoms with Gasteiger partial charge in [0.15, 0.2) is 17.4 Å². The zero-order valence-corrected chi connectivity index (χ0v) is 25.7. The molecule has 3 aromatic heterocycles. The number of fused-ring (bicyclic) bond motifs is 1. The Hall–Kier alpha value is -3.26. The van der Waals surface area contributed by atoms with Crippen LogP contribution in [0, 0.1) is 6.92 Å². The fraction of sp³-hybridized carbons (Fsp3) is 0.640. The molecule has 1 unspecified atom stereocenters. The summed E-state index contributed by atoms with van der Waals surface area (Å²) in [6.07, 6.45) is -3.17. The van der Waals surface area contributed by atoms with Crippen molar-refractivity contribution < 1.29 is 38.0 Å². The number of aliphatic hydroxyl groups excluding tert-OH is 2. The molecule has 3 aromatic rings. The number of nitrogen functional groups attached to an aromatic ring is 1. The number of rotatable bonds is 13. The predicted octanol–water partition coefficient (Wildman–Crippen LogP) is -0.987. The summed E-state index contributed by atoms with van der Waals surface area (Å²) >= 11 is 0. The van der Waals surface area contributed by atoms with E-state index in [-0.39, 0.29) is 35.6 Å². The van der Waals surface area contributed by atoms with Crippen LogP contribution in [-0.4, -0.2) is 96.7 Å². The number of hydrogen-bond acceptors (Lipinski definition) is 14. The number of aromatic amines is 2. The molecule has 0 radical (unpaired) electrons. The first kappa shape index (κ1) is 33.1. The molecular weight excluding hydrogens is 619 g/mol. The van der Waals surface area contributed by atoms with Crippen molar-refractivity contribution in [2.24, 2.45) is 0 Å². The minimum absolute atomic E-state index is 0.00122. The minimum Gasteiger partial charge on any atom is -0.394 e. The lowest BCUT2D eigenvalue weighted by atomic mass is 10.1. The molecule has 5 heterocycles. The molecule has 7 N–H and O–H groups in total. The Morgan fingerprint density at radius 2 is 1.98 bits per heavy atom. The molecule has 2 fully saturated rings. The molecule has 8 atom stereocenters. The zero-order chi connectivity index (χ0) is 32.5. The quantitative estimate of drug-likeness (QED) is 0.0953. The maximum absolute atomic E-state index is 14.0. The average Bonchev–Trinajstić information content (AvgIpc) is 3.68. The first-order valence-corrected chi connectivity index (χ1v) is 15.9. The van der Waals surface area contributed by atoms with Gasteiger partial charge in [-0.3, -0.25) is 37.7 Å². The molecular formula is C25H37N8O11P. The highest BCUT2D eigenvalue weighted by molar-refractivity contribution is 7.51. The lowest BCUT2D eigenvalue weighted by Crippen LogP contribution is -2.36. The number of methoxy groups -OCH3 is 1. The number of imidazole rings is 1. The van der Waals surface area contributed by atoms with Crippen LogP contribution in [0.15, 0.2) is 26.9 Å². The first-order chi connectivity index (χ1) is 21.5. The SMILES string of the molecule is CCCCNP(=O)(OC[C@H]1O[C@@H](n2cnc3c(=O)[nH]c(N)nc32)[C@H](OC)[C@@H]1O)O[C@H]1C[C@H](n2cc(C)c(=O)[nH]c2=O)O[C@@H]1CO. The number of hydrogen-bond donors (Lipinski definition) is 6. The summed E-state index contributed by atoms with van der Waals surface area (Å²) in [5, 5.41) is 23.9. The van der Waals surface area contributed by atoms with Crippen molar-refractivity contribution in [1.82, 2.24) is 34.2 Å². The number of nitrogens with two attached hydrogens (primary N) is 1. The van der Waals surface area contributed by atoms with Crippen LogP contribution in [0.2, 0.25) is 0 Å². The van der Waals surface area contributed by atoms with E-state index >= 15 is 0 Å². The Balaban J connectivity index is 1.33. The van der Waals surface area contributed by atoms with Gasteiger partial charge in [-0.2, -0.15) is 4.98 Å². The normalized spacial score (nSPS) is 28.2. The van der Waals surface area contributed by atoms with Crippen LogP contribution in [0.3, 0.4) is 0 Å². The van der Waals surface area contributed by atoms with E-state index in [1.165, 1.54) is 35.7 Å². The van der Waals surface area contributed by atoms with Crippen LogP contribution in [-0.2, 0) is 27.8 Å². The number of ether oxygens (including phenoxy) is 3. The van der Waals surface area contributed by atoms with Crippen molar-refractivity contribution in [1.29, 1.82) is 0 Å². The molecule has 0 saturated carbocycles. The second-order valence-corrected chi connectivity index (χ2v) is 12.5. The van der Waals surface area contributed by atoms with Crippen LogP contribution in [0.5, 0.6) is 0 Å². The molecule has 2 saturated heterocycles. The lowest BCUT2D eigenvalue weighted by Gasteiger charge is -2.26. The van der Waals surface area contributed by atoms with Gasteiger partial charge in [0.2, 0.25) is 5.95 Å². The Labute approximate surface area is 255 Å². The standard InChI is InChI=1S/C25H37N8O11P/c1-4-5-6-28-45(39,44-13-7-16(42-14(13)9-34)32-8-12(2)21(36)31-25(32)38)41-10-15-18(35)19(40-3)23(43-15)33-11-27-17-20(33)29-24(26)30-22(17)37/h8,11,13-16,18-19,23,34-35H,4-7,9-10H2,1-3H3,(H,28,39)(H,31,36,38)(H3,26,29,30,37)/t13-,14+,15+,16+,18+,19+,23+,45?/m0/s1. The lowest BCUT2D eigenvalue weighted by molar-refractivity contribution is -0.0600. The number of unbranched alkanes of at least 4 members (excludes halogenated alkanes) is 1. The number of aryl methyl sites for hydroxylation is 1. The van der Waals surface area contributed by atoms with E-state index in [1.807, 2.05) is 6.92 Å². The molecule has 2 aliphatic heterocycles. The Morgan fingerprint density at radius 3 is 2.69 bits per heavy atom. The van der Waals surface area contributed by atoms with Gasteiger partial charge in [-0.25, -0.2) is 19.4 Å². The van der Waals surface area contributed by atoms with Gasteiger partial charge >= 0.3 is 13.4 Å². The fourth-order valence-electron chi connectivity index (χ4n) is 5.27. The molecule has 248 valence electrons. The molecule has 19 nitrogen and oxygen atoms in total. The second kappa shape index (κ2) is 13.6. The molecule has 0 amide bonds. The van der Waals surface area contributed by atoms with E-state index in [2.05, 4.69) is 25.0 Å². The van der Waals surface area contributed by atoms with E-state index < -0.39 is 80.7 Å². The van der Waals surface area contributed by atoms with Crippen LogP contribution in [0.1, 0.15) is 44.2 Å². The van der Waals surface area contributed by atoms with Crippen molar-refractivity contribution in [3.63, 3.8) is 0 Å². The van der Waals surface area contributed by atoms with Gasteiger partial charge < -0.3 is 30.2 Å². The molecule has 20 heteroatoms. The summed E-state index contributed by atoms with van der Waals surface area (Å²) in [5.74, 6) is -0.141. The van der Waals surface area contributed by atoms with Crippen LogP contribution in [0.4, 0.5) is 5.95 Å². The summed E-state index contributed by atoms with van der Waals surface area (Å²) in [6, 6.07) is 0. The number of nitrogens with one attached hydrogen (secondary N) is 3. The summed E-state index contributed by atoms with van der Waals surface area (Å²) in [7, 11) is -2.78. The van der Waals surface area contributed by atoms with Crippen molar-refractivity contribution in [2.75, 3.05) is 32.6 Å². The highest BCUT2D eigenvalue weighted by Crippen LogP contribution is 2.49. The molecule has 2 aliphatic rings. The van der Waals surface area contributed by atoms with E-state index in [9.17, 15) is 29.2 Å². The van der Waals surface area contributed by atoms with Crippen molar-refractivity contribution in [3.05, 3.63) is 49.3 Å². The summed E-state index contributed by atoms with van der Waals surface area (Å²) < 4.78 is 45.7. The molecule has 0 aromatic carbocycles. The largest absolute Gasteiger partial charge is 0.405 e. The molecule has 5 rings (SSSR count). The van der Waals surface area contributed by atoms with E-state index in [1.54, 1.807) is 0 Å². The van der Waals surface area contributed by atoms with Crippen molar-refractivity contribution >= 4 is 24.9 Å². The zero-order valence-electron chi connectivity index (χ0n) is 24.8. The Morgan fingerprint density at radius 1 is 1.20 bits per heavy atom. The van der Waals surface area contributed by atoms with Gasteiger partial charge in [0.1, 0.15) is 36.7 Å². The van der Waals surface area contributed by atoms with E-state index in [0.717, 1.165) is 6.42 Å². The Bertz CT molecular complexity index is 1720. The molecule has 0 aliphatic carbocycles. The van der Waals surface area contributed by atoms with Crippen LogP contribution in [0.25, 0.3) is 11.2 Å². The number of H-pyrrole nitrogens is 2. The summed E-state index contributed by atoms with van der Waals surface area (Å²) in [6.45, 7) is 2.79. The van der Waals surface area contributed by atoms with E-state index in [0.29, 0.717) is 6.42 Å². The maximum Gasteiger partial charge on any atom is 0.405 e. The smallest absolute Gasteiger partial charge is 0.394 e. The number of anilines is 1. The third kappa shape index (κ3) is 6.81. The van der Waals surface area contributed by atoms with Gasteiger partial charge in [0.05, 0.1) is 19.5 Å². The predicted molar refractivity (Wildman–Crippen MR) is 156 cm³/mol.